The van der Waals surface area contributed by atoms with Crippen molar-refractivity contribution in [1.29, 1.82) is 0 Å². The van der Waals surface area contributed by atoms with Gasteiger partial charge in [-0.25, -0.2) is 4.79 Å². The number of nitrogens with zero attached hydrogens (tertiary/aromatic N) is 3. The lowest BCUT2D eigenvalue weighted by atomic mass is 10.0. The van der Waals surface area contributed by atoms with Gasteiger partial charge in [0.15, 0.2) is 0 Å². The third-order valence-corrected chi connectivity index (χ3v) is 6.39. The van der Waals surface area contributed by atoms with Crippen LogP contribution in [0, 0.1) is 5.92 Å². The molecule has 0 saturated carbocycles. The normalized spacial score (nSPS) is 16.2. The quantitative estimate of drug-likeness (QED) is 0.455. The van der Waals surface area contributed by atoms with E-state index in [-0.39, 0.29) is 6.03 Å². The fraction of sp³-hybridized carbons (Fsp3) is 0.444. The number of hydrogen-bond acceptors (Lipinski definition) is 3. The van der Waals surface area contributed by atoms with Crippen LogP contribution < -0.4 is 15.5 Å². The van der Waals surface area contributed by atoms with Crippen LogP contribution in [-0.4, -0.2) is 48.7 Å². The maximum absolute atomic E-state index is 12.6. The standard InChI is InChI=1S/C27H37N5O/c1-20(2)18-25-6-5-14-32(25)24-10-7-22(8-11-24)28-27(33)29-23-9-12-26-21(19-23)13-15-31(26)17-16-30(3)4/h7-13,15,19-20,25H,5-6,14,16-18H2,1-4H3,(H2,28,29,33). The molecule has 1 fully saturated rings. The average Bonchev–Trinajstić information content (AvgIpc) is 3.39. The van der Waals surface area contributed by atoms with E-state index in [0.29, 0.717) is 12.0 Å². The number of fused-ring (bicyclic) bond motifs is 1. The minimum absolute atomic E-state index is 0.229. The van der Waals surface area contributed by atoms with Crippen LogP contribution in [0.1, 0.15) is 33.1 Å². The summed E-state index contributed by atoms with van der Waals surface area (Å²) in [5, 5.41) is 7.04. The summed E-state index contributed by atoms with van der Waals surface area (Å²) in [5.74, 6) is 0.705. The highest BCUT2D eigenvalue weighted by Gasteiger charge is 2.25. The zero-order chi connectivity index (χ0) is 23.4. The van der Waals surface area contributed by atoms with Crippen molar-refractivity contribution in [2.24, 2.45) is 5.92 Å². The van der Waals surface area contributed by atoms with Gasteiger partial charge in [-0.2, -0.15) is 0 Å². The predicted octanol–water partition coefficient (Wildman–Crippen LogP) is 5.86. The highest BCUT2D eigenvalue weighted by atomic mass is 16.2. The van der Waals surface area contributed by atoms with Gasteiger partial charge in [-0.15, -0.1) is 0 Å². The minimum Gasteiger partial charge on any atom is -0.369 e. The minimum atomic E-state index is -0.229. The second-order valence-corrected chi connectivity index (χ2v) is 9.83. The number of nitrogens with one attached hydrogen (secondary N) is 2. The van der Waals surface area contributed by atoms with Gasteiger partial charge in [-0.05, 0) is 87.8 Å². The monoisotopic (exact) mass is 447 g/mol. The lowest BCUT2D eigenvalue weighted by Gasteiger charge is -2.28. The predicted molar refractivity (Wildman–Crippen MR) is 139 cm³/mol. The third-order valence-electron chi connectivity index (χ3n) is 6.39. The Labute approximate surface area is 197 Å². The molecule has 1 saturated heterocycles. The molecule has 2 aromatic carbocycles. The Morgan fingerprint density at radius 1 is 1.06 bits per heavy atom. The Bertz CT molecular complexity index is 1070. The molecular formula is C27H37N5O. The second kappa shape index (κ2) is 10.3. The van der Waals surface area contributed by atoms with E-state index in [1.54, 1.807) is 0 Å². The van der Waals surface area contributed by atoms with Crippen molar-refractivity contribution in [2.75, 3.05) is 42.7 Å². The van der Waals surface area contributed by atoms with E-state index in [1.807, 2.05) is 24.3 Å². The first-order chi connectivity index (χ1) is 15.9. The van der Waals surface area contributed by atoms with Crippen LogP contribution in [0.15, 0.2) is 54.7 Å². The number of anilines is 3. The van der Waals surface area contributed by atoms with Crippen molar-refractivity contribution in [1.82, 2.24) is 9.47 Å². The Morgan fingerprint density at radius 2 is 1.79 bits per heavy atom. The molecule has 3 aromatic rings. The Kier molecular flexibility index (Phi) is 7.23. The first-order valence-corrected chi connectivity index (χ1v) is 12.1. The van der Waals surface area contributed by atoms with Gasteiger partial charge < -0.3 is 25.0 Å². The summed E-state index contributed by atoms with van der Waals surface area (Å²) >= 11 is 0. The molecule has 1 aromatic heterocycles. The van der Waals surface area contributed by atoms with Gasteiger partial charge in [0, 0.05) is 59.8 Å². The van der Waals surface area contributed by atoms with E-state index < -0.39 is 0 Å². The molecule has 1 atom stereocenters. The second-order valence-electron chi connectivity index (χ2n) is 9.83. The maximum atomic E-state index is 12.6. The van der Waals surface area contributed by atoms with Crippen molar-refractivity contribution >= 4 is 34.0 Å². The largest absolute Gasteiger partial charge is 0.369 e. The summed E-state index contributed by atoms with van der Waals surface area (Å²) in [6.07, 6.45) is 5.85. The third kappa shape index (κ3) is 5.88. The van der Waals surface area contributed by atoms with Crippen LogP contribution in [0.25, 0.3) is 10.9 Å². The van der Waals surface area contributed by atoms with E-state index in [0.717, 1.165) is 36.4 Å². The summed E-state index contributed by atoms with van der Waals surface area (Å²) in [7, 11) is 4.16. The van der Waals surface area contributed by atoms with E-state index in [1.165, 1.54) is 30.5 Å². The number of urea groups is 1. The Morgan fingerprint density at radius 3 is 2.52 bits per heavy atom. The lowest BCUT2D eigenvalue weighted by molar-refractivity contribution is 0.262. The van der Waals surface area contributed by atoms with E-state index in [4.69, 9.17) is 0 Å². The molecule has 6 heteroatoms. The molecule has 176 valence electrons. The summed E-state index contributed by atoms with van der Waals surface area (Å²) in [6, 6.07) is 16.8. The molecule has 1 aliphatic heterocycles. The number of benzene rings is 2. The van der Waals surface area contributed by atoms with E-state index in [2.05, 4.69) is 83.4 Å². The Balaban J connectivity index is 1.35. The molecule has 0 aliphatic carbocycles. The molecule has 1 aliphatic rings. The van der Waals surface area contributed by atoms with E-state index in [9.17, 15) is 4.79 Å². The summed E-state index contributed by atoms with van der Waals surface area (Å²) in [4.78, 5) is 17.3. The number of hydrogen-bond donors (Lipinski definition) is 2. The molecule has 0 spiro atoms. The molecular weight excluding hydrogens is 410 g/mol. The zero-order valence-electron chi connectivity index (χ0n) is 20.3. The highest BCUT2D eigenvalue weighted by molar-refractivity contribution is 6.01. The van der Waals surface area contributed by atoms with E-state index >= 15 is 0 Å². The van der Waals surface area contributed by atoms with Gasteiger partial charge in [0.05, 0.1) is 0 Å². The van der Waals surface area contributed by atoms with Crippen LogP contribution in [0.2, 0.25) is 0 Å². The van der Waals surface area contributed by atoms with Crippen molar-refractivity contribution < 1.29 is 4.79 Å². The molecule has 2 heterocycles. The van der Waals surface area contributed by atoms with Gasteiger partial charge >= 0.3 is 6.03 Å². The van der Waals surface area contributed by atoms with Gasteiger partial charge in [0.25, 0.3) is 0 Å². The molecule has 2 amide bonds. The van der Waals surface area contributed by atoms with Gasteiger partial charge in [-0.1, -0.05) is 13.8 Å². The SMILES string of the molecule is CC(C)CC1CCCN1c1ccc(NC(=O)Nc2ccc3c(ccn3CCN(C)C)c2)cc1. The number of carbonyl (C=O) groups is 1. The van der Waals surface area contributed by atoms with Crippen LogP contribution in [0.3, 0.4) is 0 Å². The Hall–Kier alpha value is -2.99. The van der Waals surface area contributed by atoms with Gasteiger partial charge in [0.1, 0.15) is 0 Å². The van der Waals surface area contributed by atoms with Crippen molar-refractivity contribution in [3.63, 3.8) is 0 Å². The molecule has 1 unspecified atom stereocenters. The number of aromatic nitrogens is 1. The lowest BCUT2D eigenvalue weighted by Crippen LogP contribution is -2.30. The first kappa shape index (κ1) is 23.2. The maximum Gasteiger partial charge on any atom is 0.323 e. The van der Waals surface area contributed by atoms with Crippen molar-refractivity contribution in [3.8, 4) is 0 Å². The fourth-order valence-corrected chi connectivity index (χ4v) is 4.78. The molecule has 33 heavy (non-hydrogen) atoms. The average molecular weight is 448 g/mol. The highest BCUT2D eigenvalue weighted by Crippen LogP contribution is 2.30. The molecule has 4 rings (SSSR count). The first-order valence-electron chi connectivity index (χ1n) is 12.1. The fourth-order valence-electron chi connectivity index (χ4n) is 4.78. The van der Waals surface area contributed by atoms with Gasteiger partial charge in [-0.3, -0.25) is 0 Å². The number of amides is 2. The summed E-state index contributed by atoms with van der Waals surface area (Å²) in [5.41, 5.74) is 4.01. The van der Waals surface area contributed by atoms with Crippen molar-refractivity contribution in [3.05, 3.63) is 54.7 Å². The molecule has 0 radical (unpaired) electrons. The summed E-state index contributed by atoms with van der Waals surface area (Å²) in [6.45, 7) is 7.63. The van der Waals surface area contributed by atoms with Crippen LogP contribution >= 0.6 is 0 Å². The zero-order valence-corrected chi connectivity index (χ0v) is 20.3. The number of carbonyl (C=O) groups excluding carboxylic acids is 1. The van der Waals surface area contributed by atoms with Crippen LogP contribution in [0.4, 0.5) is 21.9 Å². The number of likely N-dealkylation sites (N-methyl/N-ethyl adjacent to an activating group) is 1. The molecule has 6 nitrogen and oxygen atoms in total. The van der Waals surface area contributed by atoms with Gasteiger partial charge in [0.2, 0.25) is 0 Å². The molecule has 2 N–H and O–H groups in total. The van der Waals surface area contributed by atoms with Crippen LogP contribution in [-0.2, 0) is 6.54 Å². The number of rotatable bonds is 8. The molecule has 0 bridgehead atoms. The smallest absolute Gasteiger partial charge is 0.323 e. The topological polar surface area (TPSA) is 52.5 Å². The van der Waals surface area contributed by atoms with Crippen LogP contribution in [0.5, 0.6) is 0 Å². The van der Waals surface area contributed by atoms with Crippen molar-refractivity contribution in [2.45, 2.75) is 45.7 Å². The summed E-state index contributed by atoms with van der Waals surface area (Å²) < 4.78 is 2.24.